The van der Waals surface area contributed by atoms with E-state index in [0.29, 0.717) is 6.04 Å². The number of piperidine rings is 1. The predicted molar refractivity (Wildman–Crippen MR) is 121 cm³/mol. The van der Waals surface area contributed by atoms with Gasteiger partial charge in [0.25, 0.3) is 0 Å². The molecule has 0 aromatic rings. The smallest absolute Gasteiger partial charge is 0.376 e. The van der Waals surface area contributed by atoms with Crippen LogP contribution in [0.15, 0.2) is 0 Å². The molecule has 6 atom stereocenters. The van der Waals surface area contributed by atoms with Gasteiger partial charge >= 0.3 is 13.1 Å². The highest BCUT2D eigenvalue weighted by Crippen LogP contribution is 2.33. The molecule has 0 radical (unpaired) electrons. The number of nitrogens with one attached hydrogen (secondary N) is 6. The van der Waals surface area contributed by atoms with E-state index in [2.05, 4.69) is 38.8 Å². The van der Waals surface area contributed by atoms with Gasteiger partial charge in [-0.3, -0.25) is 10.6 Å². The Kier molecular flexibility index (Phi) is 9.22. The van der Waals surface area contributed by atoms with E-state index >= 15 is 0 Å². The maximum atomic E-state index is 12.6. The highest BCUT2D eigenvalue weighted by Gasteiger charge is 2.33. The second kappa shape index (κ2) is 11.6. The van der Waals surface area contributed by atoms with Crippen molar-refractivity contribution in [1.29, 1.82) is 0 Å². The van der Waals surface area contributed by atoms with Crippen molar-refractivity contribution >= 4 is 13.1 Å². The van der Waals surface area contributed by atoms with Crippen LogP contribution < -0.4 is 31.9 Å². The molecule has 9 nitrogen and oxygen atoms in total. The zero-order valence-electron chi connectivity index (χ0n) is 18.9. The number of hydrogen-bond acceptors (Lipinski definition) is 7. The first kappa shape index (κ1) is 23.8. The van der Waals surface area contributed by atoms with Crippen LogP contribution in [-0.2, 0) is 0 Å². The van der Waals surface area contributed by atoms with Gasteiger partial charge in [0.05, 0.1) is 6.17 Å². The number of carbonyl (C=O) groups excluding carboxylic acids is 1. The first-order valence-corrected chi connectivity index (χ1v) is 11.8. The van der Waals surface area contributed by atoms with Gasteiger partial charge < -0.3 is 31.1 Å². The van der Waals surface area contributed by atoms with Gasteiger partial charge in [-0.05, 0) is 97.3 Å². The third kappa shape index (κ3) is 7.35. The molecule has 7 N–H and O–H groups in total. The summed E-state index contributed by atoms with van der Waals surface area (Å²) in [7, 11) is 1.50. The minimum absolute atomic E-state index is 0.0937. The van der Waals surface area contributed by atoms with Crippen LogP contribution >= 0.6 is 0 Å². The molecule has 0 aromatic heterocycles. The molecule has 3 aliphatic rings. The van der Waals surface area contributed by atoms with Crippen LogP contribution in [0.2, 0.25) is 6.82 Å². The Hall–Kier alpha value is -0.905. The fraction of sp³-hybridized carbons (Fsp3) is 0.950. The molecule has 0 spiro atoms. The van der Waals surface area contributed by atoms with Gasteiger partial charge in [0.2, 0.25) is 0 Å². The van der Waals surface area contributed by atoms with Crippen molar-refractivity contribution in [1.82, 2.24) is 36.7 Å². The van der Waals surface area contributed by atoms with Gasteiger partial charge in [-0.15, -0.1) is 0 Å². The van der Waals surface area contributed by atoms with E-state index in [9.17, 15) is 9.82 Å². The van der Waals surface area contributed by atoms with Crippen LogP contribution in [0.5, 0.6) is 0 Å². The zero-order valence-corrected chi connectivity index (χ0v) is 18.9. The Labute approximate surface area is 182 Å². The quantitative estimate of drug-likeness (QED) is 0.211. The molecule has 30 heavy (non-hydrogen) atoms. The minimum Gasteiger partial charge on any atom is -0.437 e. The van der Waals surface area contributed by atoms with E-state index in [4.69, 9.17) is 0 Å². The average Bonchev–Trinajstić information content (AvgIpc) is 2.70. The third-order valence-corrected chi connectivity index (χ3v) is 6.97. The molecule has 0 bridgehead atoms. The largest absolute Gasteiger partial charge is 0.437 e. The topological polar surface area (TPSA) is 113 Å². The first-order valence-electron chi connectivity index (χ1n) is 11.8. The molecule has 2 heterocycles. The predicted octanol–water partition coefficient (Wildman–Crippen LogP) is -0.333. The maximum absolute atomic E-state index is 12.6. The van der Waals surface area contributed by atoms with E-state index in [-0.39, 0.29) is 24.5 Å². The monoisotopic (exact) mass is 423 g/mol. The summed E-state index contributed by atoms with van der Waals surface area (Å²) in [5.41, 5.74) is 0. The van der Waals surface area contributed by atoms with Gasteiger partial charge in [0.15, 0.2) is 0 Å². The molecule has 1 aliphatic carbocycles. The van der Waals surface area contributed by atoms with E-state index in [1.807, 2.05) is 11.9 Å². The van der Waals surface area contributed by atoms with Gasteiger partial charge in [0, 0.05) is 12.1 Å². The number of rotatable bonds is 8. The van der Waals surface area contributed by atoms with Gasteiger partial charge in [-0.2, -0.15) is 0 Å². The van der Waals surface area contributed by atoms with Crippen molar-refractivity contribution in [3.8, 4) is 0 Å². The summed E-state index contributed by atoms with van der Waals surface area (Å²) in [6.07, 6.45) is 6.42. The number of nitrogens with zero attached hydrogens (tertiary/aromatic N) is 1. The summed E-state index contributed by atoms with van der Waals surface area (Å²) in [4.78, 5) is 14.5. The lowest BCUT2D eigenvalue weighted by molar-refractivity contribution is 0.151. The van der Waals surface area contributed by atoms with Crippen molar-refractivity contribution in [3.05, 3.63) is 0 Å². The summed E-state index contributed by atoms with van der Waals surface area (Å²) in [5.74, 6) is 1.53. The number of amides is 2. The Morgan fingerprint density at radius 3 is 2.80 bits per heavy atom. The van der Waals surface area contributed by atoms with Gasteiger partial charge in [0.1, 0.15) is 6.29 Å². The maximum Gasteiger partial charge on any atom is 0.376 e. The summed E-state index contributed by atoms with van der Waals surface area (Å²) in [5, 5.41) is 29.7. The lowest BCUT2D eigenvalue weighted by Crippen LogP contribution is -2.68. The Morgan fingerprint density at radius 1 is 1.17 bits per heavy atom. The van der Waals surface area contributed by atoms with E-state index in [1.165, 1.54) is 12.8 Å². The second-order valence-corrected chi connectivity index (χ2v) is 9.52. The Bertz CT molecular complexity index is 541. The molecular formula is C20H42BN7O2. The Balaban J connectivity index is 1.36. The molecule has 3 fully saturated rings. The normalized spacial score (nSPS) is 34.3. The van der Waals surface area contributed by atoms with Crippen LogP contribution in [-0.4, -0.2) is 80.7 Å². The Morgan fingerprint density at radius 2 is 2.00 bits per heavy atom. The summed E-state index contributed by atoms with van der Waals surface area (Å²) in [6.45, 7) is 7.87. The molecule has 2 saturated heterocycles. The fourth-order valence-corrected chi connectivity index (χ4v) is 5.05. The highest BCUT2D eigenvalue weighted by molar-refractivity contribution is 6.45. The van der Waals surface area contributed by atoms with E-state index in [1.54, 1.807) is 6.82 Å². The molecule has 0 aromatic carbocycles. The van der Waals surface area contributed by atoms with Crippen molar-refractivity contribution in [2.24, 2.45) is 11.8 Å². The molecular weight excluding hydrogens is 381 g/mol. The van der Waals surface area contributed by atoms with E-state index in [0.717, 1.165) is 63.7 Å². The molecule has 1 saturated carbocycles. The summed E-state index contributed by atoms with van der Waals surface area (Å²) >= 11 is 0. The van der Waals surface area contributed by atoms with Crippen molar-refractivity contribution in [3.63, 3.8) is 0 Å². The van der Waals surface area contributed by atoms with Crippen LogP contribution in [0.25, 0.3) is 0 Å². The molecule has 6 unspecified atom stereocenters. The lowest BCUT2D eigenvalue weighted by atomic mass is 9.73. The average molecular weight is 423 g/mol. The number of hydrogen-bond donors (Lipinski definition) is 7. The van der Waals surface area contributed by atoms with Crippen molar-refractivity contribution in [2.45, 2.75) is 76.8 Å². The van der Waals surface area contributed by atoms with Crippen LogP contribution in [0, 0.1) is 11.8 Å². The molecule has 172 valence electrons. The number of carbonyl (C=O) groups is 1. The molecule has 10 heteroatoms. The van der Waals surface area contributed by atoms with Crippen LogP contribution in [0.4, 0.5) is 4.79 Å². The molecule has 2 amide bonds. The fourth-order valence-electron chi connectivity index (χ4n) is 5.05. The number of urea groups is 1. The minimum atomic E-state index is -0.418. The second-order valence-electron chi connectivity index (χ2n) is 9.52. The SMILES string of the molecule is CB(O)N(C)CCCNC1CC(C)NC(NC(=O)NC2CCC3CNCCC3C2)N1. The first-order chi connectivity index (χ1) is 14.4. The standard InChI is InChI=1S/C20H42BN7O2/c1-14-11-18(23-8-4-10-28(3)21(2)30)26-19(24-14)27-20(29)25-17-6-5-16-13-22-9-7-15(16)12-17/h14-19,22-24,26,30H,4-13H2,1-3H3,(H2,25,27,29). The van der Waals surface area contributed by atoms with Crippen LogP contribution in [0.1, 0.15) is 45.4 Å². The van der Waals surface area contributed by atoms with Crippen LogP contribution in [0.3, 0.4) is 0 Å². The van der Waals surface area contributed by atoms with E-state index < -0.39 is 7.05 Å². The van der Waals surface area contributed by atoms with Crippen molar-refractivity contribution in [2.75, 3.05) is 33.2 Å². The highest BCUT2D eigenvalue weighted by atomic mass is 16.2. The van der Waals surface area contributed by atoms with Crippen molar-refractivity contribution < 1.29 is 9.82 Å². The number of fused-ring (bicyclic) bond motifs is 1. The third-order valence-electron chi connectivity index (χ3n) is 6.97. The molecule has 3 rings (SSSR count). The zero-order chi connectivity index (χ0) is 21.5. The van der Waals surface area contributed by atoms with Gasteiger partial charge in [-0.25, -0.2) is 4.79 Å². The lowest BCUT2D eigenvalue weighted by Gasteiger charge is -2.40. The molecule has 2 aliphatic heterocycles. The summed E-state index contributed by atoms with van der Waals surface area (Å²) < 4.78 is 0. The summed E-state index contributed by atoms with van der Waals surface area (Å²) in [6, 6.07) is 0.494. The van der Waals surface area contributed by atoms with Gasteiger partial charge in [-0.1, -0.05) is 0 Å².